The van der Waals surface area contributed by atoms with E-state index in [1.165, 1.54) is 0 Å². The van der Waals surface area contributed by atoms with E-state index in [2.05, 4.69) is 15.2 Å². The van der Waals surface area contributed by atoms with E-state index >= 15 is 0 Å². The van der Waals surface area contributed by atoms with Gasteiger partial charge in [-0.25, -0.2) is 0 Å². The number of H-pyrrole nitrogens is 1. The van der Waals surface area contributed by atoms with Crippen LogP contribution in [0.1, 0.15) is 24.6 Å². The molecule has 26 heavy (non-hydrogen) atoms. The first-order chi connectivity index (χ1) is 12.8. The summed E-state index contributed by atoms with van der Waals surface area (Å²) in [6.07, 6.45) is 7.22. The predicted molar refractivity (Wildman–Crippen MR) is 97.4 cm³/mol. The van der Waals surface area contributed by atoms with Gasteiger partial charge in [-0.2, -0.15) is 5.10 Å². The molecule has 1 N–H and O–H groups in total. The summed E-state index contributed by atoms with van der Waals surface area (Å²) in [7, 11) is 0. The molecule has 2 aromatic heterocycles. The highest BCUT2D eigenvalue weighted by molar-refractivity contribution is 5.79. The normalized spacial score (nSPS) is 16.6. The van der Waals surface area contributed by atoms with Crippen molar-refractivity contribution in [1.82, 2.24) is 20.1 Å². The number of para-hydroxylation sites is 1. The van der Waals surface area contributed by atoms with Crippen LogP contribution in [-0.2, 0) is 4.79 Å². The second-order valence-electron chi connectivity index (χ2n) is 6.28. The maximum Gasteiger partial charge on any atom is 0.261 e. The van der Waals surface area contributed by atoms with E-state index < -0.39 is 0 Å². The summed E-state index contributed by atoms with van der Waals surface area (Å²) in [6.45, 7) is 0.774. The Morgan fingerprint density at radius 1 is 1.19 bits per heavy atom. The van der Waals surface area contributed by atoms with Gasteiger partial charge >= 0.3 is 0 Å². The number of hydrogen-bond acceptors (Lipinski definition) is 4. The Bertz CT molecular complexity index is 864. The van der Waals surface area contributed by atoms with Crippen molar-refractivity contribution in [3.63, 3.8) is 0 Å². The Kier molecular flexibility index (Phi) is 4.64. The maximum atomic E-state index is 12.7. The molecular formula is C20H20N4O2. The van der Waals surface area contributed by atoms with E-state index in [9.17, 15) is 4.79 Å². The first-order valence-electron chi connectivity index (χ1n) is 8.74. The van der Waals surface area contributed by atoms with Crippen LogP contribution in [0.15, 0.2) is 61.1 Å². The van der Waals surface area contributed by atoms with Gasteiger partial charge in [0.1, 0.15) is 5.75 Å². The lowest BCUT2D eigenvalue weighted by Gasteiger charge is -2.25. The molecule has 3 heterocycles. The average Bonchev–Trinajstić information content (AvgIpc) is 3.36. The number of amides is 1. The van der Waals surface area contributed by atoms with Crippen molar-refractivity contribution in [1.29, 1.82) is 0 Å². The summed E-state index contributed by atoms with van der Waals surface area (Å²) in [5, 5.41) is 7.32. The zero-order valence-electron chi connectivity index (χ0n) is 14.3. The first kappa shape index (κ1) is 16.3. The van der Waals surface area contributed by atoms with Crippen LogP contribution in [0.5, 0.6) is 5.75 Å². The molecule has 4 rings (SSSR count). The fraction of sp³-hybridized carbons (Fsp3) is 0.250. The maximum absolute atomic E-state index is 12.7. The minimum atomic E-state index is -0.00775. The third-order valence-corrected chi connectivity index (χ3v) is 4.67. The number of aromatic amines is 1. The summed E-state index contributed by atoms with van der Waals surface area (Å²) in [4.78, 5) is 18.7. The topological polar surface area (TPSA) is 71.1 Å². The van der Waals surface area contributed by atoms with Crippen molar-refractivity contribution in [2.24, 2.45) is 0 Å². The van der Waals surface area contributed by atoms with E-state index in [1.54, 1.807) is 12.4 Å². The fourth-order valence-electron chi connectivity index (χ4n) is 3.42. The number of aromatic nitrogens is 3. The highest BCUT2D eigenvalue weighted by Gasteiger charge is 2.32. The number of nitrogens with one attached hydrogen (secondary N) is 1. The molecule has 1 aliphatic rings. The van der Waals surface area contributed by atoms with Crippen LogP contribution in [0.4, 0.5) is 0 Å². The summed E-state index contributed by atoms with van der Waals surface area (Å²) in [5.41, 5.74) is 3.03. The van der Waals surface area contributed by atoms with Crippen LogP contribution in [-0.4, -0.2) is 39.1 Å². The molecule has 1 fully saturated rings. The van der Waals surface area contributed by atoms with Crippen molar-refractivity contribution in [2.75, 3.05) is 13.2 Å². The second-order valence-corrected chi connectivity index (χ2v) is 6.28. The quantitative estimate of drug-likeness (QED) is 0.768. The van der Waals surface area contributed by atoms with Crippen molar-refractivity contribution >= 4 is 5.91 Å². The molecule has 0 aliphatic carbocycles. The van der Waals surface area contributed by atoms with Gasteiger partial charge in [-0.05, 0) is 42.7 Å². The monoisotopic (exact) mass is 348 g/mol. The van der Waals surface area contributed by atoms with Crippen LogP contribution >= 0.6 is 0 Å². The third-order valence-electron chi connectivity index (χ3n) is 4.67. The Morgan fingerprint density at radius 3 is 2.81 bits per heavy atom. The van der Waals surface area contributed by atoms with Gasteiger partial charge in [0, 0.05) is 24.5 Å². The molecule has 0 radical (unpaired) electrons. The van der Waals surface area contributed by atoms with E-state index in [0.29, 0.717) is 5.75 Å². The van der Waals surface area contributed by atoms with Crippen LogP contribution in [0.25, 0.3) is 11.1 Å². The molecule has 6 heteroatoms. The first-order valence-corrected chi connectivity index (χ1v) is 8.74. The van der Waals surface area contributed by atoms with Gasteiger partial charge in [0.2, 0.25) is 0 Å². The Hall–Kier alpha value is -3.15. The standard InChI is InChI=1S/C20H20N4O2/c25-19(14-26-16-5-2-1-3-6-16)24-12-4-7-18(24)20-17(13-22-23-20)15-8-10-21-11-9-15/h1-3,5-6,8-11,13,18H,4,7,12,14H2,(H,22,23)/t18-/m0/s1. The number of likely N-dealkylation sites (tertiary alicyclic amines) is 1. The third kappa shape index (κ3) is 3.31. The summed E-state index contributed by atoms with van der Waals surface area (Å²) in [6, 6.07) is 13.3. The van der Waals surface area contributed by atoms with Crippen molar-refractivity contribution in [2.45, 2.75) is 18.9 Å². The molecule has 6 nitrogen and oxygen atoms in total. The van der Waals surface area contributed by atoms with Gasteiger partial charge in [-0.1, -0.05) is 18.2 Å². The number of pyridine rings is 1. The van der Waals surface area contributed by atoms with Gasteiger partial charge in [0.05, 0.1) is 17.9 Å². The fourth-order valence-corrected chi connectivity index (χ4v) is 3.42. The molecule has 132 valence electrons. The SMILES string of the molecule is O=C(COc1ccccc1)N1CCC[C@H]1c1[nH]ncc1-c1ccncc1. The molecule has 0 bridgehead atoms. The molecule has 0 saturated carbocycles. The highest BCUT2D eigenvalue weighted by atomic mass is 16.5. The lowest BCUT2D eigenvalue weighted by molar-refractivity contribution is -0.134. The highest BCUT2D eigenvalue weighted by Crippen LogP contribution is 2.36. The van der Waals surface area contributed by atoms with Crippen LogP contribution < -0.4 is 4.74 Å². The van der Waals surface area contributed by atoms with Crippen LogP contribution in [0, 0.1) is 0 Å². The summed E-state index contributed by atoms with van der Waals surface area (Å²) < 4.78 is 5.64. The van der Waals surface area contributed by atoms with Crippen molar-refractivity contribution in [3.8, 4) is 16.9 Å². The Labute approximate surface area is 151 Å². The van der Waals surface area contributed by atoms with Gasteiger partial charge in [-0.15, -0.1) is 0 Å². The number of hydrogen-bond donors (Lipinski definition) is 1. The molecule has 1 atom stereocenters. The van der Waals surface area contributed by atoms with Crippen LogP contribution in [0.2, 0.25) is 0 Å². The Morgan fingerprint density at radius 2 is 2.00 bits per heavy atom. The van der Waals surface area contributed by atoms with Gasteiger partial charge in [0.25, 0.3) is 5.91 Å². The summed E-state index contributed by atoms with van der Waals surface area (Å²) in [5.74, 6) is 0.697. The van der Waals surface area contributed by atoms with Crippen LogP contribution in [0.3, 0.4) is 0 Å². The molecule has 0 spiro atoms. The lowest BCUT2D eigenvalue weighted by Crippen LogP contribution is -2.34. The van der Waals surface area contributed by atoms with E-state index in [0.717, 1.165) is 36.2 Å². The van der Waals surface area contributed by atoms with E-state index in [4.69, 9.17) is 4.74 Å². The zero-order chi connectivity index (χ0) is 17.8. The number of benzene rings is 1. The lowest BCUT2D eigenvalue weighted by atomic mass is 10.0. The predicted octanol–water partition coefficient (Wildman–Crippen LogP) is 3.21. The summed E-state index contributed by atoms with van der Waals surface area (Å²) >= 11 is 0. The number of rotatable bonds is 5. The number of carbonyl (C=O) groups is 1. The largest absolute Gasteiger partial charge is 0.484 e. The molecule has 1 aromatic carbocycles. The number of nitrogens with zero attached hydrogens (tertiary/aromatic N) is 3. The molecule has 1 saturated heterocycles. The van der Waals surface area contributed by atoms with Crippen molar-refractivity contribution < 1.29 is 9.53 Å². The van der Waals surface area contributed by atoms with E-state index in [-0.39, 0.29) is 18.6 Å². The minimum absolute atomic E-state index is 0.00691. The minimum Gasteiger partial charge on any atom is -0.484 e. The molecule has 1 amide bonds. The van der Waals surface area contributed by atoms with Gasteiger partial charge < -0.3 is 9.64 Å². The average molecular weight is 348 g/mol. The Balaban J connectivity index is 1.51. The van der Waals surface area contributed by atoms with Gasteiger partial charge in [-0.3, -0.25) is 14.9 Å². The smallest absolute Gasteiger partial charge is 0.261 e. The van der Waals surface area contributed by atoms with Crippen molar-refractivity contribution in [3.05, 3.63) is 66.7 Å². The van der Waals surface area contributed by atoms with E-state index in [1.807, 2.05) is 53.6 Å². The number of carbonyl (C=O) groups excluding carboxylic acids is 1. The van der Waals surface area contributed by atoms with Gasteiger partial charge in [0.15, 0.2) is 6.61 Å². The second kappa shape index (κ2) is 7.39. The molecule has 0 unspecified atom stereocenters. The number of ether oxygens (including phenoxy) is 1. The molecule has 1 aliphatic heterocycles. The molecule has 3 aromatic rings. The molecular weight excluding hydrogens is 328 g/mol. The zero-order valence-corrected chi connectivity index (χ0v) is 14.3.